The maximum absolute atomic E-state index is 13.9. The highest BCUT2D eigenvalue weighted by Crippen LogP contribution is 2.16. The van der Waals surface area contributed by atoms with Crippen molar-refractivity contribution < 1.29 is 13.9 Å². The lowest BCUT2D eigenvalue weighted by atomic mass is 10.1. The first-order valence-electron chi connectivity index (χ1n) is 10.6. The van der Waals surface area contributed by atoms with Crippen LogP contribution in [0.4, 0.5) is 4.39 Å². The molecule has 0 aliphatic rings. The summed E-state index contributed by atoms with van der Waals surface area (Å²) in [5, 5.41) is 0. The summed E-state index contributed by atoms with van der Waals surface area (Å²) in [5.74, 6) is -0.557. The van der Waals surface area contributed by atoms with Crippen molar-refractivity contribution >= 4 is 5.97 Å². The van der Waals surface area contributed by atoms with Crippen molar-refractivity contribution in [3.05, 3.63) is 12.2 Å². The van der Waals surface area contributed by atoms with E-state index in [1.54, 1.807) is 0 Å². The molecule has 0 aromatic carbocycles. The van der Waals surface area contributed by atoms with Gasteiger partial charge < -0.3 is 4.74 Å². The zero-order valence-electron chi connectivity index (χ0n) is 16.8. The molecular formula is C22H41FO2. The molecule has 0 aliphatic carbocycles. The van der Waals surface area contributed by atoms with Crippen molar-refractivity contribution in [2.45, 2.75) is 116 Å². The smallest absolute Gasteiger partial charge is 0.336 e. The molecule has 0 aromatic heterocycles. The maximum Gasteiger partial charge on any atom is 0.336 e. The second-order valence-electron chi connectivity index (χ2n) is 7.16. The molecular weight excluding hydrogens is 315 g/mol. The molecule has 0 N–H and O–H groups in total. The monoisotopic (exact) mass is 356 g/mol. The molecule has 3 heteroatoms. The second kappa shape index (κ2) is 17.9. The molecule has 0 spiro atoms. The Morgan fingerprint density at radius 2 is 1.24 bits per heavy atom. The minimum atomic E-state index is -1.25. The molecule has 0 saturated carbocycles. The Hall–Kier alpha value is -0.860. The summed E-state index contributed by atoms with van der Waals surface area (Å²) in [4.78, 5) is 11.8. The highest BCUT2D eigenvalue weighted by atomic mass is 19.1. The van der Waals surface area contributed by atoms with Crippen molar-refractivity contribution in [1.29, 1.82) is 0 Å². The van der Waals surface area contributed by atoms with Gasteiger partial charge in [-0.15, -0.1) is 0 Å². The van der Waals surface area contributed by atoms with Crippen LogP contribution in [0.2, 0.25) is 0 Å². The molecule has 0 aromatic rings. The van der Waals surface area contributed by atoms with Crippen LogP contribution >= 0.6 is 0 Å². The molecule has 148 valence electrons. The number of carbonyl (C=O) groups excluding carboxylic acids is 1. The average molecular weight is 357 g/mol. The SMILES string of the molecule is C=C(C(=O)OCCCCCCCCCCCC)C(F)CCCCCC. The van der Waals surface area contributed by atoms with Crippen LogP contribution in [0.3, 0.4) is 0 Å². The van der Waals surface area contributed by atoms with Crippen LogP contribution in [-0.2, 0) is 9.53 Å². The number of esters is 1. The summed E-state index contributed by atoms with van der Waals surface area (Å²) in [5.41, 5.74) is -0.0106. The van der Waals surface area contributed by atoms with Gasteiger partial charge in [0.25, 0.3) is 0 Å². The van der Waals surface area contributed by atoms with Crippen LogP contribution in [0.25, 0.3) is 0 Å². The lowest BCUT2D eigenvalue weighted by molar-refractivity contribution is -0.139. The van der Waals surface area contributed by atoms with E-state index in [0.29, 0.717) is 13.0 Å². The standard InChI is InChI=1S/C22H41FO2/c1-4-6-8-10-11-12-13-14-15-17-19-25-22(24)20(3)21(23)18-16-9-7-5-2/h21H,3-19H2,1-2H3. The number of carbonyl (C=O) groups is 1. The third kappa shape index (κ3) is 15.1. The summed E-state index contributed by atoms with van der Waals surface area (Å²) >= 11 is 0. The molecule has 0 amide bonds. The van der Waals surface area contributed by atoms with Gasteiger partial charge in [0, 0.05) is 0 Å². The Morgan fingerprint density at radius 1 is 0.800 bits per heavy atom. The fourth-order valence-corrected chi connectivity index (χ4v) is 2.90. The lowest BCUT2D eigenvalue weighted by Gasteiger charge is -2.11. The van der Waals surface area contributed by atoms with Crippen molar-refractivity contribution in [1.82, 2.24) is 0 Å². The molecule has 0 rings (SSSR count). The van der Waals surface area contributed by atoms with E-state index in [0.717, 1.165) is 38.5 Å². The van der Waals surface area contributed by atoms with Crippen molar-refractivity contribution in [3.63, 3.8) is 0 Å². The van der Waals surface area contributed by atoms with Gasteiger partial charge in [0.2, 0.25) is 0 Å². The number of unbranched alkanes of at least 4 members (excludes halogenated alkanes) is 12. The lowest BCUT2D eigenvalue weighted by Crippen LogP contribution is -2.16. The number of ether oxygens (including phenoxy) is 1. The Balaban J connectivity index is 3.48. The maximum atomic E-state index is 13.9. The first-order valence-corrected chi connectivity index (χ1v) is 10.6. The quantitative estimate of drug-likeness (QED) is 0.146. The molecule has 0 radical (unpaired) electrons. The summed E-state index contributed by atoms with van der Waals surface area (Å²) in [6.07, 6.45) is 15.6. The molecule has 1 atom stereocenters. The predicted molar refractivity (Wildman–Crippen MR) is 106 cm³/mol. The summed E-state index contributed by atoms with van der Waals surface area (Å²) < 4.78 is 19.0. The molecule has 0 saturated heterocycles. The van der Waals surface area contributed by atoms with Crippen LogP contribution < -0.4 is 0 Å². The minimum absolute atomic E-state index is 0.0106. The van der Waals surface area contributed by atoms with Gasteiger partial charge in [0.15, 0.2) is 0 Å². The van der Waals surface area contributed by atoms with E-state index in [9.17, 15) is 9.18 Å². The van der Waals surface area contributed by atoms with Crippen LogP contribution in [-0.4, -0.2) is 18.7 Å². The third-order valence-corrected chi connectivity index (χ3v) is 4.68. The van der Waals surface area contributed by atoms with Gasteiger partial charge in [-0.3, -0.25) is 0 Å². The first kappa shape index (κ1) is 24.1. The van der Waals surface area contributed by atoms with Gasteiger partial charge in [-0.05, 0) is 12.8 Å². The van der Waals surface area contributed by atoms with E-state index >= 15 is 0 Å². The highest BCUT2D eigenvalue weighted by molar-refractivity contribution is 5.88. The normalized spacial score (nSPS) is 12.1. The van der Waals surface area contributed by atoms with E-state index < -0.39 is 12.1 Å². The molecule has 25 heavy (non-hydrogen) atoms. The van der Waals surface area contributed by atoms with E-state index in [4.69, 9.17) is 4.74 Å². The van der Waals surface area contributed by atoms with E-state index in [1.165, 1.54) is 51.4 Å². The van der Waals surface area contributed by atoms with Gasteiger partial charge in [-0.2, -0.15) is 0 Å². The molecule has 0 heterocycles. The number of alkyl halides is 1. The van der Waals surface area contributed by atoms with Crippen LogP contribution in [0.5, 0.6) is 0 Å². The van der Waals surface area contributed by atoms with Gasteiger partial charge >= 0.3 is 5.97 Å². The van der Waals surface area contributed by atoms with Crippen LogP contribution in [0.1, 0.15) is 110 Å². The summed E-state index contributed by atoms with van der Waals surface area (Å²) in [7, 11) is 0. The van der Waals surface area contributed by atoms with Crippen molar-refractivity contribution in [2.24, 2.45) is 0 Å². The van der Waals surface area contributed by atoms with Gasteiger partial charge in [0.1, 0.15) is 6.17 Å². The van der Waals surface area contributed by atoms with E-state index in [-0.39, 0.29) is 5.57 Å². The Morgan fingerprint density at radius 3 is 1.76 bits per heavy atom. The van der Waals surface area contributed by atoms with Gasteiger partial charge in [0.05, 0.1) is 12.2 Å². The molecule has 0 aliphatic heterocycles. The van der Waals surface area contributed by atoms with Crippen LogP contribution in [0.15, 0.2) is 12.2 Å². The zero-order chi connectivity index (χ0) is 18.8. The van der Waals surface area contributed by atoms with E-state index in [1.807, 2.05) is 0 Å². The fraction of sp³-hybridized carbons (Fsp3) is 0.864. The summed E-state index contributed by atoms with van der Waals surface area (Å²) in [6, 6.07) is 0. The third-order valence-electron chi connectivity index (χ3n) is 4.68. The van der Waals surface area contributed by atoms with Crippen molar-refractivity contribution in [2.75, 3.05) is 6.61 Å². The van der Waals surface area contributed by atoms with Crippen molar-refractivity contribution in [3.8, 4) is 0 Å². The predicted octanol–water partition coefficient (Wildman–Crippen LogP) is 7.32. The van der Waals surface area contributed by atoms with E-state index in [2.05, 4.69) is 20.4 Å². The number of hydrogen-bond acceptors (Lipinski definition) is 2. The van der Waals surface area contributed by atoms with Crippen LogP contribution in [0, 0.1) is 0 Å². The molecule has 0 bridgehead atoms. The Labute approximate surface area is 155 Å². The number of halogens is 1. The zero-order valence-corrected chi connectivity index (χ0v) is 16.8. The first-order chi connectivity index (χ1) is 12.1. The van der Waals surface area contributed by atoms with Gasteiger partial charge in [-0.1, -0.05) is 104 Å². The fourth-order valence-electron chi connectivity index (χ4n) is 2.90. The Kier molecular flexibility index (Phi) is 17.3. The summed E-state index contributed by atoms with van der Waals surface area (Å²) in [6.45, 7) is 8.32. The number of hydrogen-bond donors (Lipinski definition) is 0. The average Bonchev–Trinajstić information content (AvgIpc) is 2.62. The Bertz CT molecular complexity index is 328. The topological polar surface area (TPSA) is 26.3 Å². The van der Waals surface area contributed by atoms with Gasteiger partial charge in [-0.25, -0.2) is 9.18 Å². The highest BCUT2D eigenvalue weighted by Gasteiger charge is 2.19. The molecule has 0 fully saturated rings. The largest absolute Gasteiger partial charge is 0.462 e. The number of rotatable bonds is 18. The molecule has 2 nitrogen and oxygen atoms in total. The second-order valence-corrected chi connectivity index (χ2v) is 7.16. The minimum Gasteiger partial charge on any atom is -0.462 e. The molecule has 1 unspecified atom stereocenters.